The number of nitrogens with zero attached hydrogens (tertiary/aromatic N) is 4. The van der Waals surface area contributed by atoms with E-state index in [1.165, 1.54) is 6.08 Å². The van der Waals surface area contributed by atoms with Gasteiger partial charge in [0.05, 0.1) is 6.04 Å². The van der Waals surface area contributed by atoms with Crippen molar-refractivity contribution in [1.82, 2.24) is 19.3 Å². The first-order valence-electron chi connectivity index (χ1n) is 12.4. The maximum Gasteiger partial charge on any atom is 0.246 e. The Morgan fingerprint density at radius 2 is 1.86 bits per heavy atom. The van der Waals surface area contributed by atoms with Gasteiger partial charge >= 0.3 is 0 Å². The summed E-state index contributed by atoms with van der Waals surface area (Å²) in [6.07, 6.45) is 8.02. The first-order valence-corrected chi connectivity index (χ1v) is 12.4. The molecule has 6 rings (SSSR count). The number of aromatic nitrogens is 3. The van der Waals surface area contributed by atoms with E-state index in [4.69, 9.17) is 10.7 Å². The lowest BCUT2D eigenvalue weighted by Gasteiger charge is -2.33. The molecule has 1 aliphatic carbocycles. The van der Waals surface area contributed by atoms with Gasteiger partial charge in [0.1, 0.15) is 28.5 Å². The third-order valence-corrected chi connectivity index (χ3v) is 7.95. The van der Waals surface area contributed by atoms with E-state index in [1.54, 1.807) is 13.1 Å². The minimum Gasteiger partial charge on any atom is -0.382 e. The molecular weight excluding hydrogens is 450 g/mol. The smallest absolute Gasteiger partial charge is 0.246 e. The van der Waals surface area contributed by atoms with Crippen molar-refractivity contribution < 1.29 is 9.90 Å². The number of imidazole rings is 1. The van der Waals surface area contributed by atoms with E-state index in [0.29, 0.717) is 11.7 Å². The molecule has 4 atom stereocenters. The number of nitrogen functional groups attached to an aromatic ring is 1. The van der Waals surface area contributed by atoms with Gasteiger partial charge in [-0.05, 0) is 49.3 Å². The highest BCUT2D eigenvalue weighted by atomic mass is 16.3. The van der Waals surface area contributed by atoms with Crippen LogP contribution >= 0.6 is 0 Å². The minimum atomic E-state index is -1.13. The molecule has 2 aliphatic rings. The van der Waals surface area contributed by atoms with E-state index in [2.05, 4.69) is 11.6 Å². The molecule has 0 radical (unpaired) electrons. The van der Waals surface area contributed by atoms with Crippen LogP contribution in [0.2, 0.25) is 0 Å². The predicted octanol–water partition coefficient (Wildman–Crippen LogP) is 4.47. The molecule has 182 valence electrons. The second kappa shape index (κ2) is 8.31. The van der Waals surface area contributed by atoms with E-state index in [9.17, 15) is 9.90 Å². The average molecular weight is 480 g/mol. The summed E-state index contributed by atoms with van der Waals surface area (Å²) in [5.41, 5.74) is 9.16. The van der Waals surface area contributed by atoms with Gasteiger partial charge in [0, 0.05) is 24.0 Å². The number of nitrogens with two attached hydrogens (primary N) is 1. The van der Waals surface area contributed by atoms with Crippen LogP contribution in [0.1, 0.15) is 49.2 Å². The number of amides is 1. The number of fused-ring (bicyclic) bond motifs is 3. The SMILES string of the molecule is C=CC(=O)N1C2CC[C@@H](C2)C1c1nc(-c2ccc(C(C)(O)c3ccccc3)cc2)c2c(N)nccn12. The summed E-state index contributed by atoms with van der Waals surface area (Å²) in [6.45, 7) is 5.52. The molecule has 2 aromatic carbocycles. The standard InChI is InChI=1S/C29H29N5O2/c1-3-23(35)34-22-14-11-19(17-22)25(34)28-32-24(26-27(30)31-15-16-33(26)28)18-9-12-21(13-10-18)29(2,36)20-7-5-4-6-8-20/h3-10,12-13,15-16,19,22,25,36H,1,11,14,17H2,2H3,(H2,30,31)/t19-,22?,25?,29?/m0/s1. The molecule has 2 fully saturated rings. The molecule has 7 nitrogen and oxygen atoms in total. The summed E-state index contributed by atoms with van der Waals surface area (Å²) >= 11 is 0. The maximum atomic E-state index is 12.8. The number of piperidine rings is 1. The third-order valence-electron chi connectivity index (χ3n) is 7.95. The van der Waals surface area contributed by atoms with Crippen molar-refractivity contribution in [2.45, 2.75) is 43.9 Å². The molecule has 7 heteroatoms. The van der Waals surface area contributed by atoms with Crippen LogP contribution < -0.4 is 5.73 Å². The van der Waals surface area contributed by atoms with Gasteiger partial charge in [-0.25, -0.2) is 9.97 Å². The number of likely N-dealkylation sites (tertiary alicyclic amines) is 1. The van der Waals surface area contributed by atoms with Crippen molar-refractivity contribution in [3.63, 3.8) is 0 Å². The topological polar surface area (TPSA) is 96.8 Å². The van der Waals surface area contributed by atoms with Crippen LogP contribution in [0.5, 0.6) is 0 Å². The van der Waals surface area contributed by atoms with Crippen molar-refractivity contribution >= 4 is 17.2 Å². The Bertz CT molecular complexity index is 1460. The molecule has 1 amide bonds. The van der Waals surface area contributed by atoms with Crippen molar-refractivity contribution in [3.05, 3.63) is 96.6 Å². The van der Waals surface area contributed by atoms with E-state index >= 15 is 0 Å². The lowest BCUT2D eigenvalue weighted by molar-refractivity contribution is -0.130. The quantitative estimate of drug-likeness (QED) is 0.412. The van der Waals surface area contributed by atoms with Crippen LogP contribution in [0.3, 0.4) is 0 Å². The van der Waals surface area contributed by atoms with Crippen LogP contribution in [0.4, 0.5) is 5.82 Å². The largest absolute Gasteiger partial charge is 0.382 e. The van der Waals surface area contributed by atoms with Gasteiger partial charge in [-0.3, -0.25) is 9.20 Å². The van der Waals surface area contributed by atoms with E-state index < -0.39 is 5.60 Å². The molecule has 1 saturated carbocycles. The number of carbonyl (C=O) groups excluding carboxylic acids is 1. The normalized spacial score (nSPS) is 22.6. The first-order chi connectivity index (χ1) is 17.4. The van der Waals surface area contributed by atoms with E-state index in [1.807, 2.05) is 70.1 Å². The Morgan fingerprint density at radius 1 is 1.14 bits per heavy atom. The number of carbonyl (C=O) groups is 1. The van der Waals surface area contributed by atoms with Crippen LogP contribution in [0.25, 0.3) is 16.8 Å². The fourth-order valence-electron chi connectivity index (χ4n) is 6.12. The van der Waals surface area contributed by atoms with Gasteiger partial charge in [-0.1, -0.05) is 61.2 Å². The van der Waals surface area contributed by atoms with Gasteiger partial charge in [-0.15, -0.1) is 0 Å². The van der Waals surface area contributed by atoms with Gasteiger partial charge in [-0.2, -0.15) is 0 Å². The van der Waals surface area contributed by atoms with Crippen LogP contribution in [0, 0.1) is 5.92 Å². The fourth-order valence-corrected chi connectivity index (χ4v) is 6.12. The van der Waals surface area contributed by atoms with Crippen LogP contribution in [-0.4, -0.2) is 36.3 Å². The second-order valence-electron chi connectivity index (χ2n) is 9.99. The molecule has 3 heterocycles. The number of hydrogen-bond acceptors (Lipinski definition) is 5. The van der Waals surface area contributed by atoms with Gasteiger partial charge in [0.15, 0.2) is 0 Å². The number of hydrogen-bond donors (Lipinski definition) is 2. The third kappa shape index (κ3) is 3.34. The summed E-state index contributed by atoms with van der Waals surface area (Å²) < 4.78 is 1.99. The monoisotopic (exact) mass is 479 g/mol. The molecule has 1 saturated heterocycles. The molecule has 36 heavy (non-hydrogen) atoms. The lowest BCUT2D eigenvalue weighted by atomic mass is 9.87. The Kier molecular flexibility index (Phi) is 5.19. The zero-order valence-electron chi connectivity index (χ0n) is 20.2. The Balaban J connectivity index is 1.45. The fraction of sp³-hybridized carbons (Fsp3) is 0.276. The van der Waals surface area contributed by atoms with Crippen molar-refractivity contribution in [2.24, 2.45) is 5.92 Å². The van der Waals surface area contributed by atoms with Crippen LogP contribution in [0.15, 0.2) is 79.6 Å². The molecular formula is C29H29N5O2. The summed E-state index contributed by atoms with van der Waals surface area (Å²) in [4.78, 5) is 24.2. The Hall–Kier alpha value is -3.97. The van der Waals surface area contributed by atoms with Gasteiger partial charge < -0.3 is 15.7 Å². The number of aliphatic hydroxyl groups is 1. The Labute approximate surface area is 209 Å². The molecule has 2 aromatic heterocycles. The number of rotatable bonds is 5. The minimum absolute atomic E-state index is 0.0555. The average Bonchev–Trinajstić information content (AvgIpc) is 3.62. The lowest BCUT2D eigenvalue weighted by Crippen LogP contribution is -2.39. The second-order valence-corrected chi connectivity index (χ2v) is 9.99. The van der Waals surface area contributed by atoms with Crippen molar-refractivity contribution in [2.75, 3.05) is 5.73 Å². The summed E-state index contributed by atoms with van der Waals surface area (Å²) in [7, 11) is 0. The highest BCUT2D eigenvalue weighted by molar-refractivity contribution is 5.89. The summed E-state index contributed by atoms with van der Waals surface area (Å²) in [5, 5.41) is 11.3. The number of anilines is 1. The van der Waals surface area contributed by atoms with Gasteiger partial charge in [0.25, 0.3) is 0 Å². The van der Waals surface area contributed by atoms with E-state index in [-0.39, 0.29) is 18.0 Å². The van der Waals surface area contributed by atoms with Crippen molar-refractivity contribution in [1.29, 1.82) is 0 Å². The first kappa shape index (κ1) is 22.5. The zero-order chi connectivity index (χ0) is 25.0. The Morgan fingerprint density at radius 3 is 2.58 bits per heavy atom. The predicted molar refractivity (Wildman–Crippen MR) is 139 cm³/mol. The molecule has 1 aliphatic heterocycles. The highest BCUT2D eigenvalue weighted by Crippen LogP contribution is 2.50. The molecule has 0 spiro atoms. The van der Waals surface area contributed by atoms with Crippen LogP contribution in [-0.2, 0) is 10.4 Å². The highest BCUT2D eigenvalue weighted by Gasteiger charge is 2.50. The summed E-state index contributed by atoms with van der Waals surface area (Å²) in [5.74, 6) is 1.49. The van der Waals surface area contributed by atoms with Crippen molar-refractivity contribution in [3.8, 4) is 11.3 Å². The van der Waals surface area contributed by atoms with Gasteiger partial charge in [0.2, 0.25) is 5.91 Å². The molecule has 3 N–H and O–H groups in total. The molecule has 2 bridgehead atoms. The maximum absolute atomic E-state index is 12.8. The summed E-state index contributed by atoms with van der Waals surface area (Å²) in [6, 6.07) is 17.5. The van der Waals surface area contributed by atoms with E-state index in [0.717, 1.165) is 53.0 Å². The molecule has 4 aromatic rings. The number of benzene rings is 2. The zero-order valence-corrected chi connectivity index (χ0v) is 20.2. The molecule has 3 unspecified atom stereocenters.